The lowest BCUT2D eigenvalue weighted by Gasteiger charge is -1.90. The van der Waals surface area contributed by atoms with Crippen LogP contribution in [0, 0.1) is 4.64 Å². The van der Waals surface area contributed by atoms with Gasteiger partial charge in [-0.1, -0.05) is 12.2 Å². The van der Waals surface area contributed by atoms with Gasteiger partial charge >= 0.3 is 5.97 Å². The lowest BCUT2D eigenvalue weighted by atomic mass is 10.4. The molecule has 0 aliphatic rings. The summed E-state index contributed by atoms with van der Waals surface area (Å²) in [4.78, 5) is 10.8. The Hall–Kier alpha value is -1.10. The fourth-order valence-corrected chi connectivity index (χ4v) is 0.769. The molecule has 1 rings (SSSR count). The standard InChI is InChI=1S/C5H6N2O2S/c1-9-5(8)3-2-6-7-4(3)10/h2H,1H3,(H2,6,7,10). The van der Waals surface area contributed by atoms with Crippen molar-refractivity contribution in [2.24, 2.45) is 0 Å². The van der Waals surface area contributed by atoms with Gasteiger partial charge in [-0.25, -0.2) is 4.79 Å². The van der Waals surface area contributed by atoms with Crippen LogP contribution in [0.25, 0.3) is 0 Å². The van der Waals surface area contributed by atoms with E-state index in [0.717, 1.165) is 0 Å². The number of esters is 1. The number of hydrogen-bond acceptors (Lipinski definition) is 3. The average Bonchev–Trinajstić information content (AvgIpc) is 2.34. The highest BCUT2D eigenvalue weighted by molar-refractivity contribution is 7.71. The van der Waals surface area contributed by atoms with Gasteiger partial charge in [0.1, 0.15) is 10.2 Å². The molecule has 0 spiro atoms. The molecule has 0 radical (unpaired) electrons. The minimum absolute atomic E-state index is 0.359. The Morgan fingerprint density at radius 2 is 2.50 bits per heavy atom. The van der Waals surface area contributed by atoms with Crippen molar-refractivity contribution in [2.75, 3.05) is 7.11 Å². The van der Waals surface area contributed by atoms with Crippen molar-refractivity contribution >= 4 is 18.2 Å². The summed E-state index contributed by atoms with van der Waals surface area (Å²) in [5, 5.41) is 5.16. The van der Waals surface area contributed by atoms with Crippen molar-refractivity contribution in [3.8, 4) is 0 Å². The zero-order valence-corrected chi connectivity index (χ0v) is 6.12. The highest BCUT2D eigenvalue weighted by atomic mass is 32.1. The Kier molecular flexibility index (Phi) is 1.86. The Balaban J connectivity index is 3.05. The number of H-pyrrole nitrogens is 2. The molecular weight excluding hydrogens is 152 g/mol. The molecule has 5 heteroatoms. The normalized spacial score (nSPS) is 9.30. The van der Waals surface area contributed by atoms with Crippen LogP contribution in [-0.2, 0) is 4.74 Å². The van der Waals surface area contributed by atoms with E-state index in [1.807, 2.05) is 0 Å². The lowest BCUT2D eigenvalue weighted by molar-refractivity contribution is 0.0600. The van der Waals surface area contributed by atoms with Crippen LogP contribution in [0.4, 0.5) is 0 Å². The molecule has 0 unspecified atom stereocenters. The van der Waals surface area contributed by atoms with Crippen LogP contribution >= 0.6 is 12.2 Å². The average molecular weight is 158 g/mol. The molecule has 1 heterocycles. The summed E-state index contributed by atoms with van der Waals surface area (Å²) in [6, 6.07) is 0. The first-order chi connectivity index (χ1) is 4.75. The fourth-order valence-electron chi connectivity index (χ4n) is 0.568. The smallest absolute Gasteiger partial charge is 0.342 e. The summed E-state index contributed by atoms with van der Waals surface area (Å²) >= 11 is 4.74. The summed E-state index contributed by atoms with van der Waals surface area (Å²) < 4.78 is 4.80. The van der Waals surface area contributed by atoms with E-state index in [1.54, 1.807) is 0 Å². The first-order valence-electron chi connectivity index (χ1n) is 2.60. The van der Waals surface area contributed by atoms with Crippen LogP contribution in [0.1, 0.15) is 10.4 Å². The number of aromatic nitrogens is 2. The van der Waals surface area contributed by atoms with Gasteiger partial charge in [0.25, 0.3) is 0 Å². The lowest BCUT2D eigenvalue weighted by Crippen LogP contribution is -1.99. The Morgan fingerprint density at radius 1 is 1.80 bits per heavy atom. The number of methoxy groups -OCH3 is 1. The zero-order chi connectivity index (χ0) is 7.56. The predicted octanol–water partition coefficient (Wildman–Crippen LogP) is 0.859. The highest BCUT2D eigenvalue weighted by Gasteiger charge is 2.06. The van der Waals surface area contributed by atoms with Crippen molar-refractivity contribution in [1.29, 1.82) is 0 Å². The zero-order valence-electron chi connectivity index (χ0n) is 5.30. The third-order valence-electron chi connectivity index (χ3n) is 1.05. The molecular formula is C5H6N2O2S. The first kappa shape index (κ1) is 7.01. The van der Waals surface area contributed by atoms with Crippen molar-refractivity contribution < 1.29 is 9.53 Å². The maximum atomic E-state index is 10.8. The summed E-state index contributed by atoms with van der Waals surface area (Å²) in [5.41, 5.74) is 0.359. The molecule has 1 aromatic heterocycles. The van der Waals surface area contributed by atoms with Crippen LogP contribution in [0.15, 0.2) is 6.20 Å². The molecule has 10 heavy (non-hydrogen) atoms. The van der Waals surface area contributed by atoms with Gasteiger partial charge in [-0.3, -0.25) is 5.10 Å². The van der Waals surface area contributed by atoms with Gasteiger partial charge in [-0.15, -0.1) is 0 Å². The van der Waals surface area contributed by atoms with Gasteiger partial charge in [-0.2, -0.15) is 0 Å². The van der Waals surface area contributed by atoms with Gasteiger partial charge in [0.15, 0.2) is 0 Å². The molecule has 0 saturated carbocycles. The molecule has 0 aliphatic carbocycles. The Labute approximate surface area is 62.2 Å². The molecule has 54 valence electrons. The van der Waals surface area contributed by atoms with Crippen molar-refractivity contribution in [1.82, 2.24) is 10.2 Å². The second-order valence-electron chi connectivity index (χ2n) is 1.65. The van der Waals surface area contributed by atoms with Crippen LogP contribution in [-0.4, -0.2) is 23.3 Å². The molecule has 0 bridgehead atoms. The number of nitrogens with one attached hydrogen (secondary N) is 2. The van der Waals surface area contributed by atoms with E-state index in [-0.39, 0.29) is 0 Å². The predicted molar refractivity (Wildman–Crippen MR) is 37.3 cm³/mol. The van der Waals surface area contributed by atoms with Gasteiger partial charge in [0.2, 0.25) is 0 Å². The minimum atomic E-state index is -0.428. The monoisotopic (exact) mass is 158 g/mol. The molecule has 0 aliphatic heterocycles. The summed E-state index contributed by atoms with van der Waals surface area (Å²) in [6.07, 6.45) is 1.47. The van der Waals surface area contributed by atoms with Gasteiger partial charge in [-0.05, 0) is 0 Å². The minimum Gasteiger partial charge on any atom is -0.465 e. The topological polar surface area (TPSA) is 57.9 Å². The van der Waals surface area contributed by atoms with Crippen LogP contribution in [0.5, 0.6) is 0 Å². The van der Waals surface area contributed by atoms with E-state index in [1.165, 1.54) is 13.3 Å². The fraction of sp³-hybridized carbons (Fsp3) is 0.200. The van der Waals surface area contributed by atoms with Gasteiger partial charge < -0.3 is 9.84 Å². The summed E-state index contributed by atoms with van der Waals surface area (Å²) in [6.45, 7) is 0. The summed E-state index contributed by atoms with van der Waals surface area (Å²) in [7, 11) is 1.31. The van der Waals surface area contributed by atoms with Crippen LogP contribution in [0.3, 0.4) is 0 Å². The molecule has 4 nitrogen and oxygen atoms in total. The molecule has 1 aromatic rings. The second kappa shape index (κ2) is 2.66. The third kappa shape index (κ3) is 1.08. The number of ether oxygens (including phenoxy) is 1. The number of rotatable bonds is 1. The highest BCUT2D eigenvalue weighted by Crippen LogP contribution is 1.98. The molecule has 0 fully saturated rings. The van der Waals surface area contributed by atoms with Crippen LogP contribution < -0.4 is 0 Å². The van der Waals surface area contributed by atoms with E-state index in [0.29, 0.717) is 10.2 Å². The molecule has 0 aromatic carbocycles. The molecule has 0 amide bonds. The largest absolute Gasteiger partial charge is 0.465 e. The number of carbonyl (C=O) groups is 1. The second-order valence-corrected chi connectivity index (χ2v) is 2.06. The van der Waals surface area contributed by atoms with Crippen LogP contribution in [0.2, 0.25) is 0 Å². The van der Waals surface area contributed by atoms with Gasteiger partial charge in [0.05, 0.1) is 7.11 Å². The maximum absolute atomic E-state index is 10.8. The summed E-state index contributed by atoms with van der Waals surface area (Å²) in [5.74, 6) is -0.428. The molecule has 2 N–H and O–H groups in total. The number of carbonyl (C=O) groups excluding carboxylic acids is 1. The number of aromatic amines is 2. The molecule has 0 atom stereocenters. The quantitative estimate of drug-likeness (QED) is 0.470. The maximum Gasteiger partial charge on any atom is 0.342 e. The Morgan fingerprint density at radius 3 is 2.90 bits per heavy atom. The Bertz CT molecular complexity index is 288. The van der Waals surface area contributed by atoms with E-state index in [9.17, 15) is 4.79 Å². The van der Waals surface area contributed by atoms with Gasteiger partial charge in [0, 0.05) is 6.20 Å². The number of hydrogen-bond donors (Lipinski definition) is 2. The first-order valence-corrected chi connectivity index (χ1v) is 3.01. The van der Waals surface area contributed by atoms with E-state index < -0.39 is 5.97 Å². The third-order valence-corrected chi connectivity index (χ3v) is 1.37. The van der Waals surface area contributed by atoms with E-state index in [4.69, 9.17) is 12.2 Å². The van der Waals surface area contributed by atoms with E-state index in [2.05, 4.69) is 14.9 Å². The molecule has 0 saturated heterocycles. The van der Waals surface area contributed by atoms with Crippen molar-refractivity contribution in [3.63, 3.8) is 0 Å². The SMILES string of the molecule is COC(=O)c1c[nH][nH]c1=S. The van der Waals surface area contributed by atoms with E-state index >= 15 is 0 Å². The van der Waals surface area contributed by atoms with Crippen molar-refractivity contribution in [2.45, 2.75) is 0 Å². The van der Waals surface area contributed by atoms with Crippen molar-refractivity contribution in [3.05, 3.63) is 16.4 Å².